The maximum Gasteiger partial charge on any atom is 0.408 e. The highest BCUT2D eigenvalue weighted by Crippen LogP contribution is 2.40. The Bertz CT molecular complexity index is 1160. The van der Waals surface area contributed by atoms with Gasteiger partial charge in [0.1, 0.15) is 42.5 Å². The van der Waals surface area contributed by atoms with Crippen LogP contribution in [-0.4, -0.2) is 56.5 Å². The number of hydrogen-bond acceptors (Lipinski definition) is 8. The Kier molecular flexibility index (Phi) is 6.10. The highest BCUT2D eigenvalue weighted by molar-refractivity contribution is 8.00. The first kappa shape index (κ1) is 23.1. The van der Waals surface area contributed by atoms with E-state index in [2.05, 4.69) is 10.6 Å². The number of carboxylic acid groups (broad SMARTS) is 1. The van der Waals surface area contributed by atoms with Gasteiger partial charge in [0, 0.05) is 16.7 Å². The molecule has 0 spiro atoms. The van der Waals surface area contributed by atoms with Crippen molar-refractivity contribution in [3.8, 4) is 0 Å². The van der Waals surface area contributed by atoms with Crippen LogP contribution >= 0.6 is 23.1 Å². The third kappa shape index (κ3) is 4.42. The standard InChI is InChI=1S/C20H23N5O6S2/c1-20(2,3)31-19(30)22-14-16(27)25-15(18(28)29)11(9-33-17(14)25)7-23-8-13-24(4-5-32-13)12(23)6-21-10-26/h4-5,8,10,14,17H,6-7,9H2,1-3H3,(H2-,21,22,26,28,29,30)/t14-,17-/m1/s1. The Hall–Kier alpha value is -3.06. The van der Waals surface area contributed by atoms with E-state index in [1.54, 1.807) is 20.8 Å². The predicted molar refractivity (Wildman–Crippen MR) is 117 cm³/mol. The molecular weight excluding hydrogens is 470 g/mol. The molecule has 11 nitrogen and oxygen atoms in total. The minimum absolute atomic E-state index is 0.178. The van der Waals surface area contributed by atoms with E-state index in [0.717, 1.165) is 10.7 Å². The summed E-state index contributed by atoms with van der Waals surface area (Å²) in [6, 6.07) is -0.874. The number of rotatable bonds is 7. The number of carbonyl (C=O) groups is 4. The van der Waals surface area contributed by atoms with Gasteiger partial charge in [-0.3, -0.25) is 14.5 Å². The second-order valence-corrected chi connectivity index (χ2v) is 10.6. The van der Waals surface area contributed by atoms with Gasteiger partial charge >= 0.3 is 6.09 Å². The van der Waals surface area contributed by atoms with Crippen LogP contribution in [0, 0.1) is 0 Å². The molecule has 33 heavy (non-hydrogen) atoms. The first-order valence-electron chi connectivity index (χ1n) is 10.1. The van der Waals surface area contributed by atoms with Crippen LogP contribution in [0.1, 0.15) is 26.6 Å². The lowest BCUT2D eigenvalue weighted by atomic mass is 10.0. The first-order chi connectivity index (χ1) is 15.6. The number of aromatic nitrogens is 2. The maximum atomic E-state index is 12.8. The second kappa shape index (κ2) is 8.71. The minimum Gasteiger partial charge on any atom is -0.543 e. The number of ether oxygens (including phenoxy) is 1. The van der Waals surface area contributed by atoms with Crippen LogP contribution in [0.3, 0.4) is 0 Å². The number of nitrogens with one attached hydrogen (secondary N) is 2. The second-order valence-electron chi connectivity index (χ2n) is 8.56. The average Bonchev–Trinajstić information content (AvgIpc) is 3.30. The summed E-state index contributed by atoms with van der Waals surface area (Å²) in [5, 5.41) is 18.6. The van der Waals surface area contributed by atoms with Crippen molar-refractivity contribution in [2.45, 2.75) is 50.9 Å². The number of fused-ring (bicyclic) bond motifs is 2. The SMILES string of the molecule is CC(C)(C)OC(=O)N[C@@H]1C(=O)N2C(C(=O)[O-])=C(C[n+]3cc4sccn4c3CNC=O)CS[C@H]12. The zero-order valence-electron chi connectivity index (χ0n) is 18.2. The normalized spacial score (nSPS) is 20.3. The first-order valence-corrected chi connectivity index (χ1v) is 12.0. The van der Waals surface area contributed by atoms with E-state index in [4.69, 9.17) is 4.74 Å². The molecule has 2 aliphatic heterocycles. The summed E-state index contributed by atoms with van der Waals surface area (Å²) in [6.07, 6.45) is 3.60. The lowest BCUT2D eigenvalue weighted by molar-refractivity contribution is -0.695. The zero-order chi connectivity index (χ0) is 23.9. The quantitative estimate of drug-likeness (QED) is 0.297. The summed E-state index contributed by atoms with van der Waals surface area (Å²) in [5.41, 5.74) is -0.392. The molecule has 13 heteroatoms. The molecule has 0 unspecified atom stereocenters. The van der Waals surface area contributed by atoms with Crippen molar-refractivity contribution in [3.05, 3.63) is 34.9 Å². The summed E-state index contributed by atoms with van der Waals surface area (Å²) in [4.78, 5) is 49.8. The van der Waals surface area contributed by atoms with Crippen molar-refractivity contribution < 1.29 is 33.6 Å². The van der Waals surface area contributed by atoms with Crippen LogP contribution in [0.15, 0.2) is 29.0 Å². The number of β-lactam (4-membered cyclic amide) rings is 1. The van der Waals surface area contributed by atoms with Crippen molar-refractivity contribution in [2.75, 3.05) is 5.75 Å². The van der Waals surface area contributed by atoms with Gasteiger partial charge in [-0.05, 0) is 20.8 Å². The summed E-state index contributed by atoms with van der Waals surface area (Å²) in [6.45, 7) is 5.60. The molecule has 4 heterocycles. The van der Waals surface area contributed by atoms with Gasteiger partial charge in [0.25, 0.3) is 11.7 Å². The number of aliphatic carboxylic acids is 1. The van der Waals surface area contributed by atoms with Crippen LogP contribution < -0.4 is 20.3 Å². The smallest absolute Gasteiger partial charge is 0.408 e. The number of hydrogen-bond donors (Lipinski definition) is 2. The number of imidazole rings is 1. The van der Waals surface area contributed by atoms with Crippen molar-refractivity contribution in [2.24, 2.45) is 0 Å². The minimum atomic E-state index is -1.45. The lowest BCUT2D eigenvalue weighted by Crippen LogP contribution is -2.71. The number of thiazole rings is 1. The number of amides is 3. The lowest BCUT2D eigenvalue weighted by Gasteiger charge is -2.50. The third-order valence-corrected chi connectivity index (χ3v) is 7.27. The van der Waals surface area contributed by atoms with Crippen LogP contribution in [0.2, 0.25) is 0 Å². The molecule has 2 atom stereocenters. The largest absolute Gasteiger partial charge is 0.543 e. The molecule has 0 aromatic carbocycles. The van der Waals surface area contributed by atoms with Crippen molar-refractivity contribution in [3.63, 3.8) is 0 Å². The summed E-state index contributed by atoms with van der Waals surface area (Å²) < 4.78 is 8.97. The van der Waals surface area contributed by atoms with Gasteiger partial charge in [0.2, 0.25) is 11.2 Å². The van der Waals surface area contributed by atoms with Gasteiger partial charge in [0.15, 0.2) is 0 Å². The van der Waals surface area contributed by atoms with E-state index in [0.29, 0.717) is 17.7 Å². The Labute approximate surface area is 197 Å². The molecule has 2 aliphatic rings. The topological polar surface area (TPSA) is 136 Å². The van der Waals surface area contributed by atoms with Gasteiger partial charge in [-0.1, -0.05) is 11.3 Å². The van der Waals surface area contributed by atoms with Crippen LogP contribution in [0.5, 0.6) is 0 Å². The van der Waals surface area contributed by atoms with E-state index in [-0.39, 0.29) is 18.8 Å². The number of carbonyl (C=O) groups excluding carboxylic acids is 4. The molecule has 2 aromatic heterocycles. The number of carboxylic acids is 1. The van der Waals surface area contributed by atoms with Crippen LogP contribution in [-0.2, 0) is 32.2 Å². The monoisotopic (exact) mass is 493 g/mol. The van der Waals surface area contributed by atoms with Crippen LogP contribution in [0.4, 0.5) is 4.79 Å². The van der Waals surface area contributed by atoms with Crippen molar-refractivity contribution >= 4 is 52.3 Å². The highest BCUT2D eigenvalue weighted by Gasteiger charge is 2.53. The van der Waals surface area contributed by atoms with Gasteiger partial charge in [-0.15, -0.1) is 11.8 Å². The number of thioether (sulfide) groups is 1. The Morgan fingerprint density at radius 1 is 1.39 bits per heavy atom. The average molecular weight is 494 g/mol. The summed E-state index contributed by atoms with van der Waals surface area (Å²) >= 11 is 2.87. The fourth-order valence-electron chi connectivity index (χ4n) is 3.83. The zero-order valence-corrected chi connectivity index (χ0v) is 19.8. The van der Waals surface area contributed by atoms with E-state index in [9.17, 15) is 24.3 Å². The molecule has 3 amide bonds. The van der Waals surface area contributed by atoms with Crippen molar-refractivity contribution in [1.82, 2.24) is 19.9 Å². The Morgan fingerprint density at radius 3 is 2.82 bits per heavy atom. The molecule has 0 saturated carbocycles. The van der Waals surface area contributed by atoms with E-state index in [1.165, 1.54) is 28.0 Å². The molecule has 2 aromatic rings. The van der Waals surface area contributed by atoms with Gasteiger partial charge < -0.3 is 25.3 Å². The highest BCUT2D eigenvalue weighted by atomic mass is 32.2. The van der Waals surface area contributed by atoms with E-state index >= 15 is 0 Å². The van der Waals surface area contributed by atoms with Crippen molar-refractivity contribution in [1.29, 1.82) is 0 Å². The van der Waals surface area contributed by atoms with Crippen LogP contribution in [0.25, 0.3) is 4.83 Å². The number of nitrogens with zero attached hydrogens (tertiary/aromatic N) is 3. The molecule has 176 valence electrons. The fraction of sp³-hybridized carbons (Fsp3) is 0.450. The molecule has 4 rings (SSSR count). The van der Waals surface area contributed by atoms with E-state index in [1.807, 2.05) is 26.7 Å². The predicted octanol–water partition coefficient (Wildman–Crippen LogP) is -0.653. The summed E-state index contributed by atoms with van der Waals surface area (Å²) in [5.74, 6) is -0.884. The van der Waals surface area contributed by atoms with E-state index < -0.39 is 35.0 Å². The molecular formula is C20H23N5O6S2. The Morgan fingerprint density at radius 2 is 2.15 bits per heavy atom. The Balaban J connectivity index is 1.58. The molecule has 0 aliphatic carbocycles. The molecule has 1 fully saturated rings. The number of alkyl carbamates (subject to hydrolysis) is 1. The summed E-state index contributed by atoms with van der Waals surface area (Å²) in [7, 11) is 0. The molecule has 0 bridgehead atoms. The fourth-order valence-corrected chi connectivity index (χ4v) is 5.96. The third-order valence-electron chi connectivity index (χ3n) is 5.13. The molecule has 1 saturated heterocycles. The molecule has 2 N–H and O–H groups in total. The van der Waals surface area contributed by atoms with Gasteiger partial charge in [0.05, 0.1) is 11.7 Å². The molecule has 0 radical (unpaired) electrons. The van der Waals surface area contributed by atoms with Gasteiger partial charge in [-0.2, -0.15) is 4.40 Å². The van der Waals surface area contributed by atoms with Gasteiger partial charge in [-0.25, -0.2) is 9.36 Å². The maximum absolute atomic E-state index is 12.8.